The summed E-state index contributed by atoms with van der Waals surface area (Å²) in [6, 6.07) is 0. The Kier molecular flexibility index (Phi) is 3.77. The van der Waals surface area contributed by atoms with Crippen molar-refractivity contribution in [3.05, 3.63) is 18.6 Å². The summed E-state index contributed by atoms with van der Waals surface area (Å²) >= 11 is 0. The fourth-order valence-electron chi connectivity index (χ4n) is 0.543. The zero-order valence-corrected chi connectivity index (χ0v) is 6.42. The normalized spacial score (nSPS) is 14.9. The first-order chi connectivity index (χ1) is 4.57. The summed E-state index contributed by atoms with van der Waals surface area (Å²) in [5, 5.41) is 8.43. The van der Waals surface area contributed by atoms with Crippen molar-refractivity contribution >= 4 is 5.97 Å². The number of carbonyl (C=O) groups is 1. The molecule has 0 heterocycles. The van der Waals surface area contributed by atoms with Gasteiger partial charge in [-0.15, -0.1) is 0 Å². The molecular weight excluding hydrogens is 128 g/mol. The molecule has 0 aliphatic rings. The Labute approximate surface area is 61.6 Å². The quantitative estimate of drug-likeness (QED) is 0.609. The highest BCUT2D eigenvalue weighted by Gasteiger charge is 2.01. The first kappa shape index (κ1) is 9.21. The van der Waals surface area contributed by atoms with Crippen LogP contribution in [0.1, 0.15) is 20.3 Å². The van der Waals surface area contributed by atoms with Gasteiger partial charge in [-0.25, -0.2) is 4.79 Å². The first-order valence-corrected chi connectivity index (χ1v) is 3.32. The molecule has 0 fully saturated rings. The van der Waals surface area contributed by atoms with Gasteiger partial charge in [0.2, 0.25) is 0 Å². The Hall–Kier alpha value is -0.790. The zero-order chi connectivity index (χ0) is 8.15. The number of allylic oxidation sites excluding steroid dienone is 1. The highest BCUT2D eigenvalue weighted by molar-refractivity contribution is 5.85. The van der Waals surface area contributed by atoms with E-state index in [1.807, 2.05) is 6.92 Å². The summed E-state index contributed by atoms with van der Waals surface area (Å²) in [4.78, 5) is 10.3. The maximum atomic E-state index is 10.3. The van der Waals surface area contributed by atoms with E-state index in [0.29, 0.717) is 5.57 Å². The van der Waals surface area contributed by atoms with E-state index in [1.54, 1.807) is 13.0 Å². The SMILES string of the molecule is [CH2]C(C=C(C)C(=O)O)CC. The van der Waals surface area contributed by atoms with E-state index in [2.05, 4.69) is 6.92 Å². The Balaban J connectivity index is 4.02. The smallest absolute Gasteiger partial charge is 0.330 e. The van der Waals surface area contributed by atoms with Crippen molar-refractivity contribution in [2.45, 2.75) is 20.3 Å². The molecule has 0 saturated carbocycles. The second kappa shape index (κ2) is 4.09. The maximum absolute atomic E-state index is 10.3. The van der Waals surface area contributed by atoms with Gasteiger partial charge in [-0.2, -0.15) is 0 Å². The van der Waals surface area contributed by atoms with Crippen molar-refractivity contribution in [1.29, 1.82) is 0 Å². The van der Waals surface area contributed by atoms with Crippen LogP contribution < -0.4 is 0 Å². The predicted molar refractivity (Wildman–Crippen MR) is 40.5 cm³/mol. The summed E-state index contributed by atoms with van der Waals surface area (Å²) in [6.45, 7) is 7.29. The van der Waals surface area contributed by atoms with Gasteiger partial charge in [-0.05, 0) is 26.2 Å². The average Bonchev–Trinajstić information content (AvgIpc) is 1.87. The van der Waals surface area contributed by atoms with Crippen LogP contribution in [0, 0.1) is 12.8 Å². The molecule has 0 aliphatic carbocycles. The summed E-state index contributed by atoms with van der Waals surface area (Å²) < 4.78 is 0. The minimum atomic E-state index is -0.859. The number of carboxylic acids is 1. The van der Waals surface area contributed by atoms with E-state index in [1.165, 1.54) is 0 Å². The molecule has 0 aromatic rings. The van der Waals surface area contributed by atoms with Gasteiger partial charge < -0.3 is 5.11 Å². The Morgan fingerprint density at radius 1 is 1.80 bits per heavy atom. The van der Waals surface area contributed by atoms with Gasteiger partial charge in [0.25, 0.3) is 0 Å². The number of hydrogen-bond donors (Lipinski definition) is 1. The second-order valence-electron chi connectivity index (χ2n) is 2.32. The fourth-order valence-corrected chi connectivity index (χ4v) is 0.543. The van der Waals surface area contributed by atoms with E-state index in [-0.39, 0.29) is 5.92 Å². The van der Waals surface area contributed by atoms with Gasteiger partial charge in [0.1, 0.15) is 0 Å². The molecule has 1 N–H and O–H groups in total. The molecule has 1 unspecified atom stereocenters. The number of hydrogen-bond acceptors (Lipinski definition) is 1. The molecule has 0 amide bonds. The Morgan fingerprint density at radius 3 is 2.60 bits per heavy atom. The van der Waals surface area contributed by atoms with Crippen molar-refractivity contribution < 1.29 is 9.90 Å². The fraction of sp³-hybridized carbons (Fsp3) is 0.500. The van der Waals surface area contributed by atoms with Crippen LogP contribution in [0.4, 0.5) is 0 Å². The van der Waals surface area contributed by atoms with Crippen LogP contribution in [0.5, 0.6) is 0 Å². The van der Waals surface area contributed by atoms with Crippen LogP contribution in [0.2, 0.25) is 0 Å². The molecule has 0 bridgehead atoms. The molecule has 0 aromatic heterocycles. The van der Waals surface area contributed by atoms with Gasteiger partial charge in [0, 0.05) is 5.57 Å². The standard InChI is InChI=1S/C8H13O2/c1-4-6(2)5-7(3)8(9)10/h5-6H,2,4H2,1,3H3,(H,9,10). The highest BCUT2D eigenvalue weighted by Crippen LogP contribution is 2.05. The third-order valence-corrected chi connectivity index (χ3v) is 1.35. The number of aliphatic carboxylic acids is 1. The first-order valence-electron chi connectivity index (χ1n) is 3.32. The Morgan fingerprint density at radius 2 is 2.30 bits per heavy atom. The topological polar surface area (TPSA) is 37.3 Å². The molecule has 0 rings (SSSR count). The zero-order valence-electron chi connectivity index (χ0n) is 6.42. The summed E-state index contributed by atoms with van der Waals surface area (Å²) in [6.07, 6.45) is 2.55. The van der Waals surface area contributed by atoms with Crippen molar-refractivity contribution in [2.24, 2.45) is 5.92 Å². The lowest BCUT2D eigenvalue weighted by atomic mass is 10.1. The van der Waals surface area contributed by atoms with Crippen LogP contribution in [0.3, 0.4) is 0 Å². The second-order valence-corrected chi connectivity index (χ2v) is 2.32. The van der Waals surface area contributed by atoms with Crippen LogP contribution in [0.15, 0.2) is 11.6 Å². The van der Waals surface area contributed by atoms with Gasteiger partial charge in [-0.3, -0.25) is 0 Å². The minimum Gasteiger partial charge on any atom is -0.478 e. The molecule has 0 aliphatic heterocycles. The van der Waals surface area contributed by atoms with Crippen LogP contribution >= 0.6 is 0 Å². The molecule has 1 radical (unpaired) electrons. The molecular formula is C8H13O2. The van der Waals surface area contributed by atoms with Crippen LogP contribution in [-0.2, 0) is 4.79 Å². The maximum Gasteiger partial charge on any atom is 0.330 e. The third-order valence-electron chi connectivity index (χ3n) is 1.35. The molecule has 2 nitrogen and oxygen atoms in total. The van der Waals surface area contributed by atoms with E-state index >= 15 is 0 Å². The molecule has 1 atom stereocenters. The van der Waals surface area contributed by atoms with E-state index in [4.69, 9.17) is 5.11 Å². The van der Waals surface area contributed by atoms with Crippen molar-refractivity contribution in [1.82, 2.24) is 0 Å². The van der Waals surface area contributed by atoms with Crippen molar-refractivity contribution in [2.75, 3.05) is 0 Å². The minimum absolute atomic E-state index is 0.121. The lowest BCUT2D eigenvalue weighted by Crippen LogP contribution is -1.98. The van der Waals surface area contributed by atoms with Gasteiger partial charge in [0.05, 0.1) is 0 Å². The lowest BCUT2D eigenvalue weighted by Gasteiger charge is -2.00. The van der Waals surface area contributed by atoms with Crippen molar-refractivity contribution in [3.8, 4) is 0 Å². The van der Waals surface area contributed by atoms with E-state index in [0.717, 1.165) is 6.42 Å². The van der Waals surface area contributed by atoms with E-state index < -0.39 is 5.97 Å². The van der Waals surface area contributed by atoms with E-state index in [9.17, 15) is 4.79 Å². The summed E-state index contributed by atoms with van der Waals surface area (Å²) in [5.41, 5.74) is 0.377. The van der Waals surface area contributed by atoms with Crippen molar-refractivity contribution in [3.63, 3.8) is 0 Å². The number of carboxylic acid groups (broad SMARTS) is 1. The largest absolute Gasteiger partial charge is 0.478 e. The van der Waals surface area contributed by atoms with Crippen LogP contribution in [0.25, 0.3) is 0 Å². The average molecular weight is 141 g/mol. The molecule has 2 heteroatoms. The van der Waals surface area contributed by atoms with Crippen LogP contribution in [-0.4, -0.2) is 11.1 Å². The molecule has 0 aromatic carbocycles. The van der Waals surface area contributed by atoms with Gasteiger partial charge >= 0.3 is 5.97 Å². The van der Waals surface area contributed by atoms with Gasteiger partial charge in [0.15, 0.2) is 0 Å². The summed E-state index contributed by atoms with van der Waals surface area (Å²) in [5.74, 6) is -0.738. The number of rotatable bonds is 3. The monoisotopic (exact) mass is 141 g/mol. The molecule has 10 heavy (non-hydrogen) atoms. The molecule has 0 saturated heterocycles. The third kappa shape index (κ3) is 3.28. The predicted octanol–water partition coefficient (Wildman–Crippen LogP) is 1.88. The highest BCUT2D eigenvalue weighted by atomic mass is 16.4. The summed E-state index contributed by atoms with van der Waals surface area (Å²) in [7, 11) is 0. The lowest BCUT2D eigenvalue weighted by molar-refractivity contribution is -0.132. The molecule has 57 valence electrons. The van der Waals surface area contributed by atoms with Gasteiger partial charge in [-0.1, -0.05) is 13.0 Å². The Bertz CT molecular complexity index is 147. The molecule has 0 spiro atoms.